The predicted molar refractivity (Wildman–Crippen MR) is 106 cm³/mol. The predicted octanol–water partition coefficient (Wildman–Crippen LogP) is 2.92. The molecular formula is C20H21N5OS. The second-order valence-electron chi connectivity index (χ2n) is 6.60. The summed E-state index contributed by atoms with van der Waals surface area (Å²) in [6.07, 6.45) is 6.19. The van der Waals surface area contributed by atoms with Gasteiger partial charge in [-0.1, -0.05) is 30.3 Å². The number of piperidine rings is 1. The Kier molecular flexibility index (Phi) is 5.39. The van der Waals surface area contributed by atoms with Crippen molar-refractivity contribution < 1.29 is 4.79 Å². The monoisotopic (exact) mass is 379 g/mol. The van der Waals surface area contributed by atoms with Crippen LogP contribution in [0.15, 0.2) is 54.2 Å². The Morgan fingerprint density at radius 2 is 2.00 bits per heavy atom. The molecular weight excluding hydrogens is 358 g/mol. The van der Waals surface area contributed by atoms with E-state index in [1.54, 1.807) is 12.4 Å². The molecule has 1 aliphatic heterocycles. The molecule has 138 valence electrons. The first-order chi connectivity index (χ1) is 13.3. The van der Waals surface area contributed by atoms with Crippen LogP contribution in [-0.4, -0.2) is 40.0 Å². The molecule has 0 aliphatic carbocycles. The number of aromatic nitrogens is 3. The molecule has 7 heteroatoms. The molecule has 0 spiro atoms. The summed E-state index contributed by atoms with van der Waals surface area (Å²) in [4.78, 5) is 27.9. The Morgan fingerprint density at radius 3 is 2.81 bits per heavy atom. The van der Waals surface area contributed by atoms with Gasteiger partial charge in [0.1, 0.15) is 5.69 Å². The van der Waals surface area contributed by atoms with Crippen molar-refractivity contribution in [3.8, 4) is 0 Å². The lowest BCUT2D eigenvalue weighted by molar-refractivity contribution is 0.0928. The fraction of sp³-hybridized carbons (Fsp3) is 0.300. The second-order valence-corrected chi connectivity index (χ2v) is 7.54. The van der Waals surface area contributed by atoms with Crippen molar-refractivity contribution in [3.63, 3.8) is 0 Å². The van der Waals surface area contributed by atoms with Crippen molar-refractivity contribution in [2.24, 2.45) is 0 Å². The van der Waals surface area contributed by atoms with Gasteiger partial charge in [-0.15, -0.1) is 11.3 Å². The molecule has 27 heavy (non-hydrogen) atoms. The first-order valence-corrected chi connectivity index (χ1v) is 9.97. The van der Waals surface area contributed by atoms with Crippen LogP contribution in [0.5, 0.6) is 0 Å². The molecule has 1 fully saturated rings. The normalized spacial score (nSPS) is 16.9. The van der Waals surface area contributed by atoms with Crippen molar-refractivity contribution in [1.29, 1.82) is 0 Å². The topological polar surface area (TPSA) is 71.0 Å². The van der Waals surface area contributed by atoms with Crippen LogP contribution in [0.2, 0.25) is 0 Å². The minimum Gasteiger partial charge on any atom is -0.346 e. The van der Waals surface area contributed by atoms with Gasteiger partial charge in [0, 0.05) is 43.3 Å². The van der Waals surface area contributed by atoms with Gasteiger partial charge >= 0.3 is 0 Å². The van der Waals surface area contributed by atoms with Gasteiger partial charge < -0.3 is 10.2 Å². The van der Waals surface area contributed by atoms with Gasteiger partial charge in [0.05, 0.1) is 5.01 Å². The number of nitrogens with zero attached hydrogens (tertiary/aromatic N) is 4. The lowest BCUT2D eigenvalue weighted by Crippen LogP contribution is -2.48. The number of nitrogens with one attached hydrogen (secondary N) is 1. The summed E-state index contributed by atoms with van der Waals surface area (Å²) in [6.45, 7) is 1.63. The molecule has 3 aromatic rings. The molecule has 2 aromatic heterocycles. The van der Waals surface area contributed by atoms with Crippen LogP contribution >= 0.6 is 11.3 Å². The summed E-state index contributed by atoms with van der Waals surface area (Å²) in [5.41, 5.74) is 1.70. The number of anilines is 1. The number of benzene rings is 1. The smallest absolute Gasteiger partial charge is 0.271 e. The maximum Gasteiger partial charge on any atom is 0.271 e. The zero-order valence-electron chi connectivity index (χ0n) is 14.9. The number of thiazole rings is 1. The zero-order chi connectivity index (χ0) is 18.5. The van der Waals surface area contributed by atoms with E-state index in [9.17, 15) is 4.79 Å². The maximum absolute atomic E-state index is 12.6. The number of hydrogen-bond acceptors (Lipinski definition) is 6. The Morgan fingerprint density at radius 1 is 1.19 bits per heavy atom. The molecule has 0 bridgehead atoms. The molecule has 1 N–H and O–H groups in total. The highest BCUT2D eigenvalue weighted by Gasteiger charge is 2.24. The van der Waals surface area contributed by atoms with E-state index < -0.39 is 0 Å². The van der Waals surface area contributed by atoms with Gasteiger partial charge in [0.15, 0.2) is 0 Å². The summed E-state index contributed by atoms with van der Waals surface area (Å²) in [5.74, 6) is 0.613. The molecule has 0 saturated carbocycles. The molecule has 1 atom stereocenters. The molecule has 4 rings (SSSR count). The average molecular weight is 379 g/mol. The van der Waals surface area contributed by atoms with Crippen LogP contribution in [0.1, 0.15) is 33.9 Å². The van der Waals surface area contributed by atoms with Gasteiger partial charge in [-0.2, -0.15) is 0 Å². The van der Waals surface area contributed by atoms with E-state index in [-0.39, 0.29) is 11.9 Å². The average Bonchev–Trinajstić information content (AvgIpc) is 3.18. The van der Waals surface area contributed by atoms with Crippen molar-refractivity contribution in [3.05, 3.63) is 70.4 Å². The summed E-state index contributed by atoms with van der Waals surface area (Å²) < 4.78 is 0. The van der Waals surface area contributed by atoms with E-state index >= 15 is 0 Å². The highest BCUT2D eigenvalue weighted by Crippen LogP contribution is 2.17. The fourth-order valence-corrected chi connectivity index (χ4v) is 4.07. The van der Waals surface area contributed by atoms with Gasteiger partial charge in [0.2, 0.25) is 5.95 Å². The quantitative estimate of drug-likeness (QED) is 0.738. The fourth-order valence-electron chi connectivity index (χ4n) is 3.26. The van der Waals surface area contributed by atoms with Crippen molar-refractivity contribution in [1.82, 2.24) is 20.3 Å². The van der Waals surface area contributed by atoms with E-state index in [1.807, 2.05) is 29.6 Å². The zero-order valence-corrected chi connectivity index (χ0v) is 15.7. The molecule has 0 radical (unpaired) electrons. The molecule has 1 aliphatic rings. The van der Waals surface area contributed by atoms with Crippen molar-refractivity contribution in [2.75, 3.05) is 18.0 Å². The number of amides is 1. The highest BCUT2D eigenvalue weighted by atomic mass is 32.1. The molecule has 3 heterocycles. The number of carbonyl (C=O) groups excluding carboxylic acids is 1. The molecule has 1 amide bonds. The summed E-state index contributed by atoms with van der Waals surface area (Å²) in [7, 11) is 0. The molecule has 6 nitrogen and oxygen atoms in total. The Bertz CT molecular complexity index is 884. The maximum atomic E-state index is 12.6. The minimum atomic E-state index is -0.105. The Labute approximate surface area is 162 Å². The number of rotatable bonds is 5. The van der Waals surface area contributed by atoms with Crippen LogP contribution in [0.4, 0.5) is 5.95 Å². The lowest BCUT2D eigenvalue weighted by Gasteiger charge is -2.32. The summed E-state index contributed by atoms with van der Waals surface area (Å²) in [5, 5.41) is 5.91. The van der Waals surface area contributed by atoms with Crippen LogP contribution in [-0.2, 0) is 6.42 Å². The van der Waals surface area contributed by atoms with Crippen LogP contribution < -0.4 is 10.2 Å². The van der Waals surface area contributed by atoms with E-state index in [4.69, 9.17) is 0 Å². The van der Waals surface area contributed by atoms with E-state index in [0.29, 0.717) is 5.69 Å². The summed E-state index contributed by atoms with van der Waals surface area (Å²) in [6, 6.07) is 12.1. The highest BCUT2D eigenvalue weighted by molar-refractivity contribution is 7.09. The first kappa shape index (κ1) is 17.6. The van der Waals surface area contributed by atoms with E-state index in [1.165, 1.54) is 16.9 Å². The molecule has 1 saturated heterocycles. The van der Waals surface area contributed by atoms with Crippen LogP contribution in [0.25, 0.3) is 0 Å². The van der Waals surface area contributed by atoms with E-state index in [2.05, 4.69) is 37.3 Å². The van der Waals surface area contributed by atoms with Gasteiger partial charge in [0.25, 0.3) is 5.91 Å². The largest absolute Gasteiger partial charge is 0.346 e. The third kappa shape index (κ3) is 4.49. The Hall–Kier alpha value is -2.80. The van der Waals surface area contributed by atoms with E-state index in [0.717, 1.165) is 43.3 Å². The van der Waals surface area contributed by atoms with Gasteiger partial charge in [-0.25, -0.2) is 15.0 Å². The van der Waals surface area contributed by atoms with Crippen molar-refractivity contribution in [2.45, 2.75) is 25.3 Å². The summed E-state index contributed by atoms with van der Waals surface area (Å²) >= 11 is 1.53. The molecule has 0 unspecified atom stereocenters. The lowest BCUT2D eigenvalue weighted by atomic mass is 10.1. The van der Waals surface area contributed by atoms with Crippen LogP contribution in [0, 0.1) is 0 Å². The minimum absolute atomic E-state index is 0.0781. The van der Waals surface area contributed by atoms with Gasteiger partial charge in [-0.3, -0.25) is 4.79 Å². The Balaban J connectivity index is 1.36. The third-order valence-electron chi connectivity index (χ3n) is 4.57. The van der Waals surface area contributed by atoms with Crippen LogP contribution in [0.3, 0.4) is 0 Å². The molecule has 1 aromatic carbocycles. The standard InChI is InChI=1S/C20H21N5OS/c26-19(17-14-27-18(24-17)12-15-6-2-1-3-7-15)23-16-8-4-11-25(13-16)20-21-9-5-10-22-20/h1-3,5-7,9-10,14,16H,4,8,11-13H2,(H,23,26)/t16-/m1/s1. The number of hydrogen-bond donors (Lipinski definition) is 1. The van der Waals surface area contributed by atoms with Crippen molar-refractivity contribution >= 4 is 23.2 Å². The first-order valence-electron chi connectivity index (χ1n) is 9.09. The van der Waals surface area contributed by atoms with Gasteiger partial charge in [-0.05, 0) is 24.5 Å². The SMILES string of the molecule is O=C(N[C@@H]1CCCN(c2ncccn2)C1)c1csc(Cc2ccccc2)n1. The third-order valence-corrected chi connectivity index (χ3v) is 5.42. The second kappa shape index (κ2) is 8.26. The number of carbonyl (C=O) groups is 1.